The van der Waals surface area contributed by atoms with E-state index in [1.54, 1.807) is 12.3 Å². The fourth-order valence-electron chi connectivity index (χ4n) is 3.92. The van der Waals surface area contributed by atoms with Crippen LogP contribution in [-0.2, 0) is 13.1 Å². The summed E-state index contributed by atoms with van der Waals surface area (Å²) < 4.78 is 5.45. The van der Waals surface area contributed by atoms with Crippen LogP contribution in [0.1, 0.15) is 11.3 Å². The first kappa shape index (κ1) is 21.1. The lowest BCUT2D eigenvalue weighted by Crippen LogP contribution is -2.46. The van der Waals surface area contributed by atoms with Crippen molar-refractivity contribution < 1.29 is 4.42 Å². The molecule has 32 heavy (non-hydrogen) atoms. The number of fused-ring (bicyclic) bond motifs is 1. The van der Waals surface area contributed by atoms with Gasteiger partial charge >= 0.3 is 0 Å². The molecule has 0 bridgehead atoms. The topological polar surface area (TPSA) is 57.4 Å². The maximum absolute atomic E-state index is 6.36. The summed E-state index contributed by atoms with van der Waals surface area (Å²) in [6.07, 6.45) is 1.68. The van der Waals surface area contributed by atoms with Crippen LogP contribution >= 0.6 is 23.2 Å². The van der Waals surface area contributed by atoms with Crippen LogP contribution in [-0.4, -0.2) is 41.0 Å². The molecule has 4 aromatic rings. The van der Waals surface area contributed by atoms with Crippen LogP contribution in [0.5, 0.6) is 0 Å². The van der Waals surface area contributed by atoms with E-state index < -0.39 is 0 Å². The number of halogens is 2. The zero-order chi connectivity index (χ0) is 21.9. The van der Waals surface area contributed by atoms with Gasteiger partial charge in [-0.2, -0.15) is 4.98 Å². The second-order valence-corrected chi connectivity index (χ2v) is 8.66. The van der Waals surface area contributed by atoms with Crippen molar-refractivity contribution in [3.63, 3.8) is 0 Å². The van der Waals surface area contributed by atoms with E-state index in [9.17, 15) is 0 Å². The number of nitrogens with one attached hydrogen (secondary N) is 1. The van der Waals surface area contributed by atoms with E-state index >= 15 is 0 Å². The lowest BCUT2D eigenvalue weighted by molar-refractivity contribution is 0.249. The number of anilines is 2. The van der Waals surface area contributed by atoms with Crippen LogP contribution in [0.3, 0.4) is 0 Å². The molecule has 2 aromatic carbocycles. The van der Waals surface area contributed by atoms with Gasteiger partial charge in [0, 0.05) is 48.2 Å². The number of para-hydroxylation sites is 1. The Kier molecular flexibility index (Phi) is 6.17. The molecule has 0 aliphatic carbocycles. The van der Waals surface area contributed by atoms with E-state index in [-0.39, 0.29) is 0 Å². The molecule has 2 aromatic heterocycles. The van der Waals surface area contributed by atoms with E-state index in [0.717, 1.165) is 66.7 Å². The third-order valence-corrected chi connectivity index (χ3v) is 6.25. The molecule has 0 radical (unpaired) electrons. The predicted octanol–water partition coefficient (Wildman–Crippen LogP) is 5.46. The number of rotatable bonds is 6. The molecular weight excluding hydrogens is 445 g/mol. The summed E-state index contributed by atoms with van der Waals surface area (Å²) in [5.74, 6) is 2.43. The zero-order valence-corrected chi connectivity index (χ0v) is 19.0. The Bertz CT molecular complexity index is 1210. The number of hydrogen-bond donors (Lipinski definition) is 1. The van der Waals surface area contributed by atoms with Gasteiger partial charge in [-0.1, -0.05) is 41.4 Å². The van der Waals surface area contributed by atoms with E-state index in [2.05, 4.69) is 15.1 Å². The highest BCUT2D eigenvalue weighted by Crippen LogP contribution is 2.26. The second-order valence-electron chi connectivity index (χ2n) is 7.82. The highest BCUT2D eigenvalue weighted by molar-refractivity contribution is 6.35. The van der Waals surface area contributed by atoms with Crippen LogP contribution in [0.15, 0.2) is 65.3 Å². The van der Waals surface area contributed by atoms with Crippen LogP contribution in [0.4, 0.5) is 11.8 Å². The Labute approximate surface area is 196 Å². The first-order chi connectivity index (χ1) is 15.7. The number of piperazine rings is 1. The Morgan fingerprint density at radius 2 is 1.78 bits per heavy atom. The zero-order valence-electron chi connectivity index (χ0n) is 17.5. The van der Waals surface area contributed by atoms with Crippen LogP contribution in [0.2, 0.25) is 10.0 Å². The van der Waals surface area contributed by atoms with Crippen molar-refractivity contribution in [1.29, 1.82) is 0 Å². The minimum atomic E-state index is 0.572. The van der Waals surface area contributed by atoms with Crippen LogP contribution < -0.4 is 10.2 Å². The summed E-state index contributed by atoms with van der Waals surface area (Å²) in [7, 11) is 0. The number of hydrogen-bond acceptors (Lipinski definition) is 6. The molecule has 0 saturated carbocycles. The lowest BCUT2D eigenvalue weighted by atomic mass is 10.2. The molecule has 1 aliphatic rings. The Morgan fingerprint density at radius 3 is 2.56 bits per heavy atom. The maximum Gasteiger partial charge on any atom is 0.227 e. The number of nitrogens with zero attached hydrogens (tertiary/aromatic N) is 4. The van der Waals surface area contributed by atoms with Crippen molar-refractivity contribution in [3.05, 3.63) is 82.2 Å². The predicted molar refractivity (Wildman–Crippen MR) is 130 cm³/mol. The molecule has 3 heterocycles. The van der Waals surface area contributed by atoms with Gasteiger partial charge in [0.05, 0.1) is 18.3 Å². The molecule has 6 nitrogen and oxygen atoms in total. The van der Waals surface area contributed by atoms with E-state index in [1.807, 2.05) is 48.5 Å². The monoisotopic (exact) mass is 467 g/mol. The normalized spacial score (nSPS) is 14.8. The van der Waals surface area contributed by atoms with E-state index in [4.69, 9.17) is 37.6 Å². The summed E-state index contributed by atoms with van der Waals surface area (Å²) in [4.78, 5) is 14.3. The summed E-state index contributed by atoms with van der Waals surface area (Å²) in [5, 5.41) is 5.79. The molecule has 0 amide bonds. The van der Waals surface area contributed by atoms with Crippen molar-refractivity contribution in [2.75, 3.05) is 36.4 Å². The van der Waals surface area contributed by atoms with Crippen molar-refractivity contribution in [3.8, 4) is 0 Å². The van der Waals surface area contributed by atoms with Gasteiger partial charge in [-0.05, 0) is 42.0 Å². The highest BCUT2D eigenvalue weighted by atomic mass is 35.5. The molecule has 1 fully saturated rings. The number of benzene rings is 2. The minimum Gasteiger partial charge on any atom is -0.467 e. The summed E-state index contributed by atoms with van der Waals surface area (Å²) in [6.45, 7) is 4.89. The van der Waals surface area contributed by atoms with Gasteiger partial charge in [0.2, 0.25) is 5.95 Å². The third kappa shape index (κ3) is 4.67. The molecule has 8 heteroatoms. The Balaban J connectivity index is 1.30. The second kappa shape index (κ2) is 9.36. The first-order valence-corrected chi connectivity index (χ1v) is 11.4. The summed E-state index contributed by atoms with van der Waals surface area (Å²) in [5.41, 5.74) is 2.02. The Morgan fingerprint density at radius 1 is 0.938 bits per heavy atom. The average Bonchev–Trinajstić information content (AvgIpc) is 3.33. The van der Waals surface area contributed by atoms with Crippen LogP contribution in [0.25, 0.3) is 10.9 Å². The van der Waals surface area contributed by atoms with Gasteiger partial charge in [-0.3, -0.25) is 4.90 Å². The molecule has 1 aliphatic heterocycles. The van der Waals surface area contributed by atoms with E-state index in [0.29, 0.717) is 16.6 Å². The van der Waals surface area contributed by atoms with Gasteiger partial charge in [0.25, 0.3) is 0 Å². The van der Waals surface area contributed by atoms with Crippen molar-refractivity contribution in [2.45, 2.75) is 13.1 Å². The molecule has 5 rings (SSSR count). The maximum atomic E-state index is 6.36. The summed E-state index contributed by atoms with van der Waals surface area (Å²) >= 11 is 12.4. The molecule has 0 unspecified atom stereocenters. The Hall–Kier alpha value is -2.80. The first-order valence-electron chi connectivity index (χ1n) is 10.6. The van der Waals surface area contributed by atoms with Crippen molar-refractivity contribution in [1.82, 2.24) is 14.9 Å². The number of aromatic nitrogens is 2. The highest BCUT2D eigenvalue weighted by Gasteiger charge is 2.21. The van der Waals surface area contributed by atoms with Crippen LogP contribution in [0, 0.1) is 0 Å². The standard InChI is InChI=1S/C24H23Cl2N5O/c25-18-8-7-17(21(26)14-18)16-30-9-11-31(12-10-30)24-28-22-6-2-1-5-20(22)23(29-24)27-15-19-4-3-13-32-19/h1-8,13-14H,9-12,15-16H2,(H,27,28,29). The molecule has 1 N–H and O–H groups in total. The average molecular weight is 468 g/mol. The molecule has 1 saturated heterocycles. The molecule has 0 spiro atoms. The van der Waals surface area contributed by atoms with Gasteiger partial charge in [-0.25, -0.2) is 4.98 Å². The smallest absolute Gasteiger partial charge is 0.227 e. The fraction of sp³-hybridized carbons (Fsp3) is 0.250. The molecule has 0 atom stereocenters. The SMILES string of the molecule is Clc1ccc(CN2CCN(c3nc(NCc4ccco4)c4ccccc4n3)CC2)c(Cl)c1. The largest absolute Gasteiger partial charge is 0.467 e. The molecular formula is C24H23Cl2N5O. The minimum absolute atomic E-state index is 0.572. The van der Waals surface area contributed by atoms with Crippen molar-refractivity contribution >= 4 is 45.9 Å². The number of furan rings is 1. The summed E-state index contributed by atoms with van der Waals surface area (Å²) in [6, 6.07) is 17.6. The van der Waals surface area contributed by atoms with E-state index in [1.165, 1.54) is 0 Å². The van der Waals surface area contributed by atoms with Gasteiger partial charge in [0.1, 0.15) is 11.6 Å². The fourth-order valence-corrected chi connectivity index (χ4v) is 4.39. The van der Waals surface area contributed by atoms with Gasteiger partial charge < -0.3 is 14.6 Å². The lowest BCUT2D eigenvalue weighted by Gasteiger charge is -2.35. The van der Waals surface area contributed by atoms with Crippen molar-refractivity contribution in [2.24, 2.45) is 0 Å². The van der Waals surface area contributed by atoms with Gasteiger partial charge in [0.15, 0.2) is 0 Å². The van der Waals surface area contributed by atoms with Gasteiger partial charge in [-0.15, -0.1) is 0 Å². The quantitative estimate of drug-likeness (QED) is 0.406. The molecule has 164 valence electrons. The third-order valence-electron chi connectivity index (χ3n) is 5.67.